The summed E-state index contributed by atoms with van der Waals surface area (Å²) in [6.07, 6.45) is 0.313. The summed E-state index contributed by atoms with van der Waals surface area (Å²) >= 11 is 0. The SMILES string of the molecule is CC(=O)NC(=O)CCC(=O)NS(C)(=O)=O. The summed E-state index contributed by atoms with van der Waals surface area (Å²) in [6, 6.07) is 0. The molecule has 0 radical (unpaired) electrons. The lowest BCUT2D eigenvalue weighted by Gasteiger charge is -2.02. The van der Waals surface area contributed by atoms with Gasteiger partial charge in [0.1, 0.15) is 0 Å². The van der Waals surface area contributed by atoms with Crippen LogP contribution in [0.15, 0.2) is 0 Å². The van der Waals surface area contributed by atoms with Crippen molar-refractivity contribution in [2.75, 3.05) is 6.26 Å². The Bertz CT molecular complexity index is 373. The van der Waals surface area contributed by atoms with E-state index in [9.17, 15) is 22.8 Å². The van der Waals surface area contributed by atoms with Gasteiger partial charge in [-0.3, -0.25) is 24.4 Å². The fraction of sp³-hybridized carbons (Fsp3) is 0.571. The van der Waals surface area contributed by atoms with Gasteiger partial charge in [-0.05, 0) is 0 Å². The highest BCUT2D eigenvalue weighted by atomic mass is 32.2. The molecular weight excluding hydrogens is 224 g/mol. The van der Waals surface area contributed by atoms with Gasteiger partial charge in [-0.25, -0.2) is 8.42 Å². The second-order valence-electron chi connectivity index (χ2n) is 2.90. The van der Waals surface area contributed by atoms with Gasteiger partial charge in [-0.2, -0.15) is 0 Å². The Morgan fingerprint density at radius 3 is 1.93 bits per heavy atom. The predicted octanol–water partition coefficient (Wildman–Crippen LogP) is -1.49. The molecule has 0 aliphatic rings. The second-order valence-corrected chi connectivity index (χ2v) is 4.65. The molecule has 3 amide bonds. The Morgan fingerprint density at radius 1 is 1.07 bits per heavy atom. The van der Waals surface area contributed by atoms with E-state index in [4.69, 9.17) is 0 Å². The minimum atomic E-state index is -3.59. The van der Waals surface area contributed by atoms with Gasteiger partial charge in [-0.15, -0.1) is 0 Å². The summed E-state index contributed by atoms with van der Waals surface area (Å²) in [6.45, 7) is 1.16. The van der Waals surface area contributed by atoms with E-state index in [0.717, 1.165) is 13.2 Å². The van der Waals surface area contributed by atoms with Crippen LogP contribution in [0, 0.1) is 0 Å². The highest BCUT2D eigenvalue weighted by Crippen LogP contribution is 1.90. The van der Waals surface area contributed by atoms with Crippen LogP contribution < -0.4 is 10.0 Å². The van der Waals surface area contributed by atoms with Gasteiger partial charge in [0.25, 0.3) is 0 Å². The number of sulfonamides is 1. The van der Waals surface area contributed by atoms with Crippen molar-refractivity contribution >= 4 is 27.7 Å². The molecule has 0 atom stereocenters. The summed E-state index contributed by atoms with van der Waals surface area (Å²) in [5.41, 5.74) is 0. The molecule has 0 spiro atoms. The zero-order valence-electron chi connectivity index (χ0n) is 8.36. The zero-order chi connectivity index (χ0) is 12.1. The lowest BCUT2D eigenvalue weighted by Crippen LogP contribution is -2.32. The Morgan fingerprint density at radius 2 is 1.53 bits per heavy atom. The monoisotopic (exact) mass is 236 g/mol. The number of nitrogens with one attached hydrogen (secondary N) is 2. The van der Waals surface area contributed by atoms with Crippen molar-refractivity contribution in [1.29, 1.82) is 0 Å². The van der Waals surface area contributed by atoms with Crippen molar-refractivity contribution in [1.82, 2.24) is 10.0 Å². The van der Waals surface area contributed by atoms with Crippen LogP contribution in [-0.4, -0.2) is 32.4 Å². The number of rotatable bonds is 4. The lowest BCUT2D eigenvalue weighted by molar-refractivity contribution is -0.131. The maximum Gasteiger partial charge on any atom is 0.233 e. The van der Waals surface area contributed by atoms with Crippen LogP contribution in [0.3, 0.4) is 0 Å². The largest absolute Gasteiger partial charge is 0.297 e. The molecule has 0 unspecified atom stereocenters. The van der Waals surface area contributed by atoms with E-state index < -0.39 is 27.7 Å². The number of hydrogen-bond acceptors (Lipinski definition) is 5. The minimum Gasteiger partial charge on any atom is -0.297 e. The van der Waals surface area contributed by atoms with Gasteiger partial charge in [0.2, 0.25) is 27.7 Å². The first kappa shape index (κ1) is 13.6. The van der Waals surface area contributed by atoms with Crippen molar-refractivity contribution in [2.45, 2.75) is 19.8 Å². The normalized spacial score (nSPS) is 10.5. The first-order chi connectivity index (χ1) is 6.70. The third-order valence-corrected chi connectivity index (χ3v) is 1.79. The van der Waals surface area contributed by atoms with E-state index in [1.807, 2.05) is 5.32 Å². The number of imide groups is 1. The van der Waals surface area contributed by atoms with E-state index in [-0.39, 0.29) is 12.8 Å². The molecule has 0 aromatic rings. The molecule has 86 valence electrons. The molecule has 0 saturated heterocycles. The predicted molar refractivity (Wildman–Crippen MR) is 51.0 cm³/mol. The average Bonchev–Trinajstić information content (AvgIpc) is 1.96. The first-order valence-corrected chi connectivity index (χ1v) is 5.91. The summed E-state index contributed by atoms with van der Waals surface area (Å²) in [4.78, 5) is 32.2. The Kier molecular flexibility index (Phi) is 4.92. The van der Waals surface area contributed by atoms with Gasteiger partial charge < -0.3 is 0 Å². The fourth-order valence-electron chi connectivity index (χ4n) is 0.744. The summed E-state index contributed by atoms with van der Waals surface area (Å²) in [7, 11) is -3.59. The van der Waals surface area contributed by atoms with E-state index in [0.29, 0.717) is 0 Å². The standard InChI is InChI=1S/C7H12N2O5S/c1-5(10)8-6(11)3-4-7(12)9-15(2,13)14/h3-4H2,1-2H3,(H,9,12)(H,8,10,11). The van der Waals surface area contributed by atoms with Gasteiger partial charge in [0, 0.05) is 19.8 Å². The van der Waals surface area contributed by atoms with Crippen LogP contribution in [-0.2, 0) is 24.4 Å². The molecular formula is C7H12N2O5S. The van der Waals surface area contributed by atoms with Crippen molar-refractivity contribution < 1.29 is 22.8 Å². The van der Waals surface area contributed by atoms with Crippen LogP contribution in [0.25, 0.3) is 0 Å². The Balaban J connectivity index is 3.92. The van der Waals surface area contributed by atoms with Crippen LogP contribution in [0.5, 0.6) is 0 Å². The minimum absolute atomic E-state index is 0.235. The zero-order valence-corrected chi connectivity index (χ0v) is 9.18. The third-order valence-electron chi connectivity index (χ3n) is 1.19. The van der Waals surface area contributed by atoms with Crippen LogP contribution in [0.4, 0.5) is 0 Å². The van der Waals surface area contributed by atoms with Crippen LogP contribution in [0.1, 0.15) is 19.8 Å². The molecule has 0 aliphatic heterocycles. The van der Waals surface area contributed by atoms with Crippen LogP contribution >= 0.6 is 0 Å². The maximum atomic E-state index is 10.9. The number of amides is 3. The van der Waals surface area contributed by atoms with E-state index in [1.165, 1.54) is 0 Å². The molecule has 2 N–H and O–H groups in total. The Labute approximate surface area is 87.3 Å². The number of hydrogen-bond donors (Lipinski definition) is 2. The van der Waals surface area contributed by atoms with Crippen molar-refractivity contribution in [3.8, 4) is 0 Å². The molecule has 7 nitrogen and oxygen atoms in total. The molecule has 0 aromatic heterocycles. The summed E-state index contributed by atoms with van der Waals surface area (Å²) < 4.78 is 22.9. The lowest BCUT2D eigenvalue weighted by atomic mass is 10.3. The first-order valence-electron chi connectivity index (χ1n) is 4.02. The highest BCUT2D eigenvalue weighted by molar-refractivity contribution is 7.89. The van der Waals surface area contributed by atoms with Crippen LogP contribution in [0.2, 0.25) is 0 Å². The third kappa shape index (κ3) is 8.88. The summed E-state index contributed by atoms with van der Waals surface area (Å²) in [5.74, 6) is -1.93. The van der Waals surface area contributed by atoms with E-state index >= 15 is 0 Å². The molecule has 0 bridgehead atoms. The second kappa shape index (κ2) is 5.44. The fourth-order valence-corrected chi connectivity index (χ4v) is 1.26. The quantitative estimate of drug-likeness (QED) is 0.617. The van der Waals surface area contributed by atoms with Crippen molar-refractivity contribution in [2.24, 2.45) is 0 Å². The number of carbonyl (C=O) groups excluding carboxylic acids is 3. The molecule has 0 fully saturated rings. The molecule has 0 heterocycles. The maximum absolute atomic E-state index is 10.9. The Hall–Kier alpha value is -1.44. The van der Waals surface area contributed by atoms with Gasteiger partial charge >= 0.3 is 0 Å². The average molecular weight is 236 g/mol. The number of carbonyl (C=O) groups is 3. The van der Waals surface area contributed by atoms with E-state index in [1.54, 1.807) is 4.72 Å². The molecule has 0 aromatic carbocycles. The van der Waals surface area contributed by atoms with Crippen molar-refractivity contribution in [3.63, 3.8) is 0 Å². The smallest absolute Gasteiger partial charge is 0.233 e. The molecule has 15 heavy (non-hydrogen) atoms. The molecule has 0 rings (SSSR count). The summed E-state index contributed by atoms with van der Waals surface area (Å²) in [5, 5.41) is 1.95. The molecule has 8 heteroatoms. The van der Waals surface area contributed by atoms with Gasteiger partial charge in [0.15, 0.2) is 0 Å². The highest BCUT2D eigenvalue weighted by Gasteiger charge is 2.11. The molecule has 0 saturated carbocycles. The topological polar surface area (TPSA) is 109 Å². The van der Waals surface area contributed by atoms with Gasteiger partial charge in [0.05, 0.1) is 6.26 Å². The van der Waals surface area contributed by atoms with E-state index in [2.05, 4.69) is 0 Å². The molecule has 0 aliphatic carbocycles. The van der Waals surface area contributed by atoms with Gasteiger partial charge in [-0.1, -0.05) is 0 Å². The van der Waals surface area contributed by atoms with Crippen molar-refractivity contribution in [3.05, 3.63) is 0 Å².